The normalized spacial score (nSPS) is 20.2. The van der Waals surface area contributed by atoms with Gasteiger partial charge in [-0.1, -0.05) is 0 Å². The summed E-state index contributed by atoms with van der Waals surface area (Å²) < 4.78 is 34.3. The van der Waals surface area contributed by atoms with E-state index in [0.717, 1.165) is 11.1 Å². The van der Waals surface area contributed by atoms with Gasteiger partial charge in [-0.15, -0.1) is 0 Å². The van der Waals surface area contributed by atoms with Crippen molar-refractivity contribution in [3.63, 3.8) is 0 Å². The first-order chi connectivity index (χ1) is 10.3. The van der Waals surface area contributed by atoms with Crippen molar-refractivity contribution in [1.82, 2.24) is 0 Å². The third-order valence-electron chi connectivity index (χ3n) is 3.10. The summed E-state index contributed by atoms with van der Waals surface area (Å²) in [6, 6.07) is 0. The molecule has 4 atom stereocenters. The zero-order valence-electron chi connectivity index (χ0n) is 15.0. The summed E-state index contributed by atoms with van der Waals surface area (Å²) >= 11 is -3.06. The van der Waals surface area contributed by atoms with Gasteiger partial charge in [0.1, 0.15) is 0 Å². The molecule has 0 aliphatic carbocycles. The first-order valence-electron chi connectivity index (χ1n) is 7.68. The molecule has 0 saturated heterocycles. The molecule has 4 unspecified atom stereocenters. The van der Waals surface area contributed by atoms with E-state index in [-0.39, 0.29) is 12.6 Å². The average Bonchev–Trinajstić information content (AvgIpc) is 2.44. The van der Waals surface area contributed by atoms with Crippen LogP contribution in [-0.2, 0) is 42.9 Å². The number of hydrogen-bond acceptors (Lipinski definition) is 7. The Morgan fingerprint density at radius 2 is 1.23 bits per heavy atom. The molecule has 0 aromatic rings. The van der Waals surface area contributed by atoms with Crippen LogP contribution in [-0.4, -0.2) is 45.9 Å². The Bertz CT molecular complexity index is 264. The first kappa shape index (κ1) is 22.4. The van der Waals surface area contributed by atoms with Gasteiger partial charge in [-0.2, -0.15) is 0 Å². The Hall–Kier alpha value is 0.434. The van der Waals surface area contributed by atoms with Crippen LogP contribution in [0, 0.1) is 0 Å². The van der Waals surface area contributed by atoms with Crippen molar-refractivity contribution < 1.29 is 42.9 Å². The third kappa shape index (κ3) is 10.3. The molecule has 0 bridgehead atoms. The van der Waals surface area contributed by atoms with Gasteiger partial charge in [0, 0.05) is 0 Å². The van der Waals surface area contributed by atoms with Crippen LogP contribution in [0.3, 0.4) is 0 Å². The van der Waals surface area contributed by atoms with Crippen molar-refractivity contribution in [1.29, 1.82) is 0 Å². The molecule has 134 valence electrons. The number of hydrogen-bond donors (Lipinski definition) is 1. The molecule has 22 heavy (non-hydrogen) atoms. The van der Waals surface area contributed by atoms with Crippen molar-refractivity contribution >= 4 is 0 Å². The zero-order chi connectivity index (χ0) is 17.2. The van der Waals surface area contributed by atoms with Crippen molar-refractivity contribution in [2.45, 2.75) is 69.2 Å². The monoisotopic (exact) mass is 359 g/mol. The predicted molar refractivity (Wildman–Crippen MR) is 80.5 cm³/mol. The van der Waals surface area contributed by atoms with Crippen LogP contribution in [0.1, 0.15) is 34.1 Å². The van der Waals surface area contributed by atoms with Crippen molar-refractivity contribution in [3.8, 4) is 0 Å². The van der Waals surface area contributed by atoms with Crippen LogP contribution >= 0.6 is 0 Å². The van der Waals surface area contributed by atoms with Crippen LogP contribution in [0.25, 0.3) is 0 Å². The van der Waals surface area contributed by atoms with E-state index in [1.165, 1.54) is 0 Å². The van der Waals surface area contributed by atoms with Crippen molar-refractivity contribution in [2.75, 3.05) is 20.8 Å². The summed E-state index contributed by atoms with van der Waals surface area (Å²) in [5.41, 5.74) is 5.62. The third-order valence-corrected chi connectivity index (χ3v) is 7.66. The van der Waals surface area contributed by atoms with E-state index in [0.29, 0.717) is 6.54 Å². The Balaban J connectivity index is 4.61. The molecule has 0 spiro atoms. The van der Waals surface area contributed by atoms with Crippen LogP contribution in [0.5, 0.6) is 0 Å². The standard InChI is InChI=1S/2C5H11O3.C3H8N.CH3.Ti/c2*1-4(6)8-5(2)7-3;1-2-3-4;;/h2*4-5H,1-3H3;1-4H2;1H3;/q2*-1;;;+2. The molecule has 0 fully saturated rings. The Morgan fingerprint density at radius 1 is 0.818 bits per heavy atom. The van der Waals surface area contributed by atoms with Crippen molar-refractivity contribution in [3.05, 3.63) is 0 Å². The molecule has 0 heterocycles. The molecule has 8 heteroatoms. The summed E-state index contributed by atoms with van der Waals surface area (Å²) in [4.78, 5) is 0. The average molecular weight is 359 g/mol. The van der Waals surface area contributed by atoms with Crippen LogP contribution in [0.4, 0.5) is 0 Å². The summed E-state index contributed by atoms with van der Waals surface area (Å²) in [5.74, 6) is 0. The van der Waals surface area contributed by atoms with Gasteiger partial charge in [0.15, 0.2) is 0 Å². The van der Waals surface area contributed by atoms with Crippen LogP contribution < -0.4 is 5.73 Å². The Morgan fingerprint density at radius 3 is 1.55 bits per heavy atom. The van der Waals surface area contributed by atoms with Crippen molar-refractivity contribution in [2.24, 2.45) is 5.73 Å². The summed E-state index contributed by atoms with van der Waals surface area (Å²) in [5, 5.41) is 2.03. The Labute approximate surface area is 139 Å². The van der Waals surface area contributed by atoms with Gasteiger partial charge in [-0.05, 0) is 0 Å². The number of methoxy groups -OCH3 is 2. The van der Waals surface area contributed by atoms with Gasteiger partial charge >= 0.3 is 139 Å². The van der Waals surface area contributed by atoms with E-state index in [2.05, 4.69) is 0 Å². The van der Waals surface area contributed by atoms with Gasteiger partial charge in [-0.3, -0.25) is 0 Å². The second kappa shape index (κ2) is 11.9. The molecule has 0 aromatic carbocycles. The number of rotatable bonds is 13. The summed E-state index contributed by atoms with van der Waals surface area (Å²) in [6.45, 7) is 7.91. The SMILES string of the molecule is COC(C)OC(C)[O][Ti]([CH3])([CH2]CCN)[O]C(C)OC(C)OC. The van der Waals surface area contributed by atoms with E-state index in [9.17, 15) is 0 Å². The van der Waals surface area contributed by atoms with E-state index in [4.69, 9.17) is 31.3 Å². The molecule has 7 nitrogen and oxygen atoms in total. The molecule has 0 saturated carbocycles. The van der Waals surface area contributed by atoms with Gasteiger partial charge in [0.25, 0.3) is 0 Å². The molecule has 0 aliphatic heterocycles. The topological polar surface area (TPSA) is 81.4 Å². The molecule has 0 aromatic heterocycles. The van der Waals surface area contributed by atoms with E-state index in [1.807, 2.05) is 32.9 Å². The zero-order valence-corrected chi connectivity index (χ0v) is 16.5. The summed E-state index contributed by atoms with van der Waals surface area (Å²) in [6.07, 6.45) is -0.651. The maximum absolute atomic E-state index is 6.09. The first-order valence-corrected chi connectivity index (χ1v) is 11.6. The molecular weight excluding hydrogens is 326 g/mol. The fourth-order valence-electron chi connectivity index (χ4n) is 1.98. The minimum atomic E-state index is -3.06. The summed E-state index contributed by atoms with van der Waals surface area (Å²) in [7, 11) is 3.18. The molecule has 0 aliphatic rings. The van der Waals surface area contributed by atoms with E-state index >= 15 is 0 Å². The fourth-order valence-corrected chi connectivity index (χ4v) is 6.12. The van der Waals surface area contributed by atoms with Gasteiger partial charge < -0.3 is 0 Å². The van der Waals surface area contributed by atoms with E-state index in [1.54, 1.807) is 14.2 Å². The molecule has 0 radical (unpaired) electrons. The fraction of sp³-hybridized carbons (Fsp3) is 1.00. The second-order valence-corrected chi connectivity index (χ2v) is 10.3. The molecule has 0 rings (SSSR count). The van der Waals surface area contributed by atoms with Gasteiger partial charge in [0.05, 0.1) is 0 Å². The quantitative estimate of drug-likeness (QED) is 0.400. The van der Waals surface area contributed by atoms with Gasteiger partial charge in [0.2, 0.25) is 0 Å². The van der Waals surface area contributed by atoms with Crippen LogP contribution in [0.2, 0.25) is 9.95 Å². The molecular formula is C14H33NO6Ti. The second-order valence-electron chi connectivity index (χ2n) is 5.28. The number of nitrogens with two attached hydrogens (primary N) is 1. The van der Waals surface area contributed by atoms with E-state index < -0.39 is 29.9 Å². The number of ether oxygens (including phenoxy) is 4. The molecule has 0 amide bonds. The molecule has 2 N–H and O–H groups in total. The maximum atomic E-state index is 6.09. The van der Waals surface area contributed by atoms with Crippen LogP contribution in [0.15, 0.2) is 0 Å². The minimum absolute atomic E-state index is 0.335. The Kier molecular flexibility index (Phi) is 12.1. The van der Waals surface area contributed by atoms with Gasteiger partial charge in [-0.25, -0.2) is 0 Å². The predicted octanol–water partition coefficient (Wildman–Crippen LogP) is 2.53.